The van der Waals surface area contributed by atoms with Crippen molar-refractivity contribution in [1.29, 1.82) is 0 Å². The van der Waals surface area contributed by atoms with Crippen LogP contribution < -0.4 is 0 Å². The second kappa shape index (κ2) is 9.76. The van der Waals surface area contributed by atoms with Crippen LogP contribution in [0, 0.1) is 5.82 Å². The van der Waals surface area contributed by atoms with Gasteiger partial charge < -0.3 is 4.42 Å². The standard InChI is InChI=1S/C24H23F3N6O/c25-20-12-18(23-29-30-24(34-23)22(26)27)8-9-19(20)14-33-15-21(28-31-33)17-6-4-16(5-7-17)13-32-10-2-1-3-11-32/h4-9,12,15,22H,1-3,10-11,13-14H2. The fourth-order valence-corrected chi connectivity index (χ4v) is 4.09. The van der Waals surface area contributed by atoms with Crippen LogP contribution in [0.5, 0.6) is 0 Å². The van der Waals surface area contributed by atoms with Crippen LogP contribution in [0.1, 0.15) is 42.7 Å². The van der Waals surface area contributed by atoms with E-state index in [2.05, 4.69) is 37.5 Å². The summed E-state index contributed by atoms with van der Waals surface area (Å²) in [4.78, 5) is 2.48. The molecule has 176 valence electrons. The monoisotopic (exact) mass is 468 g/mol. The molecule has 34 heavy (non-hydrogen) atoms. The number of benzene rings is 2. The van der Waals surface area contributed by atoms with Crippen molar-refractivity contribution in [3.05, 3.63) is 71.5 Å². The largest absolute Gasteiger partial charge is 0.415 e. The predicted octanol–water partition coefficient (Wildman–Crippen LogP) is 5.11. The third-order valence-corrected chi connectivity index (χ3v) is 5.90. The molecule has 1 saturated heterocycles. The topological polar surface area (TPSA) is 72.9 Å². The molecular formula is C24H23F3N6O. The zero-order valence-corrected chi connectivity index (χ0v) is 18.4. The lowest BCUT2D eigenvalue weighted by Crippen LogP contribution is -2.28. The first-order chi connectivity index (χ1) is 16.5. The molecule has 5 rings (SSSR count). The SMILES string of the molecule is Fc1cc(-c2nnc(C(F)F)o2)ccc1Cn1cc(-c2ccc(CN3CCCCC3)cc2)nn1. The van der Waals surface area contributed by atoms with E-state index in [9.17, 15) is 13.2 Å². The van der Waals surface area contributed by atoms with Gasteiger partial charge >= 0.3 is 6.43 Å². The number of hydrogen-bond acceptors (Lipinski definition) is 6. The van der Waals surface area contributed by atoms with E-state index in [0.29, 0.717) is 11.3 Å². The lowest BCUT2D eigenvalue weighted by atomic mass is 10.1. The van der Waals surface area contributed by atoms with Crippen molar-refractivity contribution in [1.82, 2.24) is 30.1 Å². The highest BCUT2D eigenvalue weighted by Gasteiger charge is 2.18. The number of alkyl halides is 2. The molecule has 1 aliphatic rings. The van der Waals surface area contributed by atoms with Gasteiger partial charge in [0.2, 0.25) is 5.89 Å². The minimum absolute atomic E-state index is 0.160. The molecule has 0 bridgehead atoms. The average Bonchev–Trinajstić information content (AvgIpc) is 3.52. The summed E-state index contributed by atoms with van der Waals surface area (Å²) in [5.41, 5.74) is 3.50. The predicted molar refractivity (Wildman–Crippen MR) is 118 cm³/mol. The number of rotatable bonds is 7. The molecule has 0 unspecified atom stereocenters. The maximum Gasteiger partial charge on any atom is 0.314 e. The van der Waals surface area contributed by atoms with E-state index in [4.69, 9.17) is 4.42 Å². The van der Waals surface area contributed by atoms with E-state index in [-0.39, 0.29) is 18.0 Å². The Morgan fingerprint density at radius 3 is 2.35 bits per heavy atom. The van der Waals surface area contributed by atoms with Gasteiger partial charge in [-0.1, -0.05) is 42.0 Å². The maximum atomic E-state index is 14.6. The van der Waals surface area contributed by atoms with Crippen molar-refractivity contribution < 1.29 is 17.6 Å². The average molecular weight is 468 g/mol. The Hall–Kier alpha value is -3.53. The first-order valence-electron chi connectivity index (χ1n) is 11.2. The molecule has 1 aliphatic heterocycles. The summed E-state index contributed by atoms with van der Waals surface area (Å²) in [7, 11) is 0. The zero-order chi connectivity index (χ0) is 23.5. The molecule has 2 aromatic carbocycles. The third-order valence-electron chi connectivity index (χ3n) is 5.90. The highest BCUT2D eigenvalue weighted by Crippen LogP contribution is 2.25. The molecule has 2 aromatic heterocycles. The molecule has 0 spiro atoms. The molecule has 0 atom stereocenters. The lowest BCUT2D eigenvalue weighted by molar-refractivity contribution is 0.116. The summed E-state index contributed by atoms with van der Waals surface area (Å²) in [6, 6.07) is 12.5. The first-order valence-corrected chi connectivity index (χ1v) is 11.2. The van der Waals surface area contributed by atoms with Gasteiger partial charge in [0.05, 0.1) is 12.7 Å². The number of hydrogen-bond donors (Lipinski definition) is 0. The van der Waals surface area contributed by atoms with Crippen LogP contribution in [0.4, 0.5) is 13.2 Å². The number of halogens is 3. The number of aromatic nitrogens is 5. The molecule has 4 aromatic rings. The van der Waals surface area contributed by atoms with Crippen molar-refractivity contribution >= 4 is 0 Å². The van der Waals surface area contributed by atoms with E-state index in [1.165, 1.54) is 37.0 Å². The van der Waals surface area contributed by atoms with Gasteiger partial charge in [0.25, 0.3) is 5.89 Å². The first kappa shape index (κ1) is 22.3. The minimum atomic E-state index is -2.88. The summed E-state index contributed by atoms with van der Waals surface area (Å²) in [6.45, 7) is 3.42. The summed E-state index contributed by atoms with van der Waals surface area (Å²) >= 11 is 0. The van der Waals surface area contributed by atoms with Gasteiger partial charge in [-0.3, -0.25) is 4.90 Å². The van der Waals surface area contributed by atoms with Crippen molar-refractivity contribution in [3.63, 3.8) is 0 Å². The highest BCUT2D eigenvalue weighted by atomic mass is 19.3. The summed E-state index contributed by atoms with van der Waals surface area (Å²) < 4.78 is 46.3. The Morgan fingerprint density at radius 1 is 0.882 bits per heavy atom. The van der Waals surface area contributed by atoms with E-state index in [1.54, 1.807) is 16.9 Å². The summed E-state index contributed by atoms with van der Waals surface area (Å²) in [5.74, 6) is -1.49. The Bertz CT molecular complexity index is 1250. The number of piperidine rings is 1. The molecule has 10 heteroatoms. The second-order valence-corrected chi connectivity index (χ2v) is 8.39. The van der Waals surface area contributed by atoms with Crippen LogP contribution in [0.15, 0.2) is 53.1 Å². The van der Waals surface area contributed by atoms with Gasteiger partial charge in [-0.15, -0.1) is 15.3 Å². The van der Waals surface area contributed by atoms with Gasteiger partial charge in [0.1, 0.15) is 11.5 Å². The van der Waals surface area contributed by atoms with Crippen LogP contribution in [0.3, 0.4) is 0 Å². The number of nitrogens with zero attached hydrogens (tertiary/aromatic N) is 6. The second-order valence-electron chi connectivity index (χ2n) is 8.39. The van der Waals surface area contributed by atoms with Gasteiger partial charge in [-0.05, 0) is 43.6 Å². The molecule has 0 radical (unpaired) electrons. The summed E-state index contributed by atoms with van der Waals surface area (Å²) in [6.07, 6.45) is 2.74. The fourth-order valence-electron chi connectivity index (χ4n) is 4.09. The molecule has 3 heterocycles. The maximum absolute atomic E-state index is 14.6. The van der Waals surface area contributed by atoms with E-state index < -0.39 is 18.1 Å². The normalized spacial score (nSPS) is 14.7. The molecule has 0 N–H and O–H groups in total. The van der Waals surface area contributed by atoms with Crippen molar-refractivity contribution in [2.45, 2.75) is 38.8 Å². The minimum Gasteiger partial charge on any atom is -0.415 e. The highest BCUT2D eigenvalue weighted by molar-refractivity contribution is 5.58. The van der Waals surface area contributed by atoms with Gasteiger partial charge in [0, 0.05) is 23.2 Å². The Kier molecular flexibility index (Phi) is 6.39. The quantitative estimate of drug-likeness (QED) is 0.376. The summed E-state index contributed by atoms with van der Waals surface area (Å²) in [5, 5.41) is 15.1. The van der Waals surface area contributed by atoms with Crippen LogP contribution in [-0.2, 0) is 13.1 Å². The van der Waals surface area contributed by atoms with Crippen LogP contribution in [-0.4, -0.2) is 43.2 Å². The van der Waals surface area contributed by atoms with Gasteiger partial charge in [-0.25, -0.2) is 9.07 Å². The van der Waals surface area contributed by atoms with E-state index >= 15 is 0 Å². The van der Waals surface area contributed by atoms with Crippen molar-refractivity contribution in [3.8, 4) is 22.7 Å². The number of likely N-dealkylation sites (tertiary alicyclic amines) is 1. The fraction of sp³-hybridized carbons (Fsp3) is 0.333. The molecular weight excluding hydrogens is 445 g/mol. The molecule has 7 nitrogen and oxygen atoms in total. The van der Waals surface area contributed by atoms with Crippen LogP contribution >= 0.6 is 0 Å². The zero-order valence-electron chi connectivity index (χ0n) is 18.4. The smallest absolute Gasteiger partial charge is 0.314 e. The third kappa shape index (κ3) is 5.01. The Labute approximate surface area is 194 Å². The lowest BCUT2D eigenvalue weighted by Gasteiger charge is -2.26. The van der Waals surface area contributed by atoms with Gasteiger partial charge in [-0.2, -0.15) is 8.78 Å². The van der Waals surface area contributed by atoms with Crippen molar-refractivity contribution in [2.75, 3.05) is 13.1 Å². The molecule has 0 saturated carbocycles. The van der Waals surface area contributed by atoms with Gasteiger partial charge in [0.15, 0.2) is 0 Å². The van der Waals surface area contributed by atoms with E-state index in [0.717, 1.165) is 25.2 Å². The molecule has 0 aliphatic carbocycles. The van der Waals surface area contributed by atoms with Crippen LogP contribution in [0.2, 0.25) is 0 Å². The molecule has 1 fully saturated rings. The molecule has 0 amide bonds. The Morgan fingerprint density at radius 2 is 1.65 bits per heavy atom. The van der Waals surface area contributed by atoms with E-state index in [1.807, 2.05) is 12.1 Å². The van der Waals surface area contributed by atoms with Crippen molar-refractivity contribution in [2.24, 2.45) is 0 Å². The van der Waals surface area contributed by atoms with Crippen LogP contribution in [0.25, 0.3) is 22.7 Å². The Balaban J connectivity index is 1.25.